The number of ether oxygens (including phenoxy) is 1. The van der Waals surface area contributed by atoms with Gasteiger partial charge >= 0.3 is 0 Å². The summed E-state index contributed by atoms with van der Waals surface area (Å²) < 4.78 is 6.69. The van der Waals surface area contributed by atoms with Gasteiger partial charge in [-0.05, 0) is 65.0 Å². The molecule has 0 amide bonds. The van der Waals surface area contributed by atoms with Gasteiger partial charge in [-0.2, -0.15) is 0 Å². The van der Waals surface area contributed by atoms with Crippen LogP contribution in [-0.2, 0) is 0 Å². The first-order chi connectivity index (χ1) is 9.65. The largest absolute Gasteiger partial charge is 0.496 e. The predicted octanol–water partition coefficient (Wildman–Crippen LogP) is 4.65. The van der Waals surface area contributed by atoms with E-state index in [1.54, 1.807) is 7.11 Å². The summed E-state index contributed by atoms with van der Waals surface area (Å²) in [5.74, 6) is 0.846. The zero-order chi connectivity index (χ0) is 14.5. The summed E-state index contributed by atoms with van der Waals surface area (Å²) in [6.45, 7) is 2.96. The molecule has 0 heterocycles. The van der Waals surface area contributed by atoms with Crippen molar-refractivity contribution in [3.8, 4) is 5.75 Å². The summed E-state index contributed by atoms with van der Waals surface area (Å²) in [4.78, 5) is 0. The highest BCUT2D eigenvalue weighted by Crippen LogP contribution is 2.32. The molecule has 0 aliphatic rings. The zero-order valence-corrected chi connectivity index (χ0v) is 14.4. The fourth-order valence-electron chi connectivity index (χ4n) is 2.23. The molecule has 1 unspecified atom stereocenters. The SMILES string of the molecule is CCNC(c1cccc(I)c1)c1cc(Cl)ccc1OC. The highest BCUT2D eigenvalue weighted by Gasteiger charge is 2.18. The van der Waals surface area contributed by atoms with Gasteiger partial charge in [-0.1, -0.05) is 30.7 Å². The summed E-state index contributed by atoms with van der Waals surface area (Å²) in [6, 6.07) is 14.2. The van der Waals surface area contributed by atoms with Crippen LogP contribution < -0.4 is 10.1 Å². The van der Waals surface area contributed by atoms with Crippen LogP contribution in [0.25, 0.3) is 0 Å². The molecule has 4 heteroatoms. The van der Waals surface area contributed by atoms with E-state index in [9.17, 15) is 0 Å². The lowest BCUT2D eigenvalue weighted by Gasteiger charge is -2.21. The van der Waals surface area contributed by atoms with Crippen molar-refractivity contribution in [2.45, 2.75) is 13.0 Å². The molecule has 0 saturated carbocycles. The minimum atomic E-state index is 0.0726. The Kier molecular flexibility index (Phi) is 5.69. The molecule has 1 N–H and O–H groups in total. The molecule has 0 aromatic heterocycles. The predicted molar refractivity (Wildman–Crippen MR) is 92.7 cm³/mol. The smallest absolute Gasteiger partial charge is 0.124 e. The maximum absolute atomic E-state index is 6.15. The van der Waals surface area contributed by atoms with E-state index in [0.717, 1.165) is 17.9 Å². The topological polar surface area (TPSA) is 21.3 Å². The normalized spacial score (nSPS) is 12.2. The summed E-state index contributed by atoms with van der Waals surface area (Å²) >= 11 is 8.48. The second-order valence-electron chi connectivity index (χ2n) is 4.43. The minimum absolute atomic E-state index is 0.0726. The Hall–Kier alpha value is -0.780. The Labute approximate surface area is 138 Å². The molecule has 0 spiro atoms. The maximum Gasteiger partial charge on any atom is 0.124 e. The third kappa shape index (κ3) is 3.65. The fourth-order valence-corrected chi connectivity index (χ4v) is 2.98. The fraction of sp³-hybridized carbons (Fsp3) is 0.250. The number of nitrogens with one attached hydrogen (secondary N) is 1. The summed E-state index contributed by atoms with van der Waals surface area (Å²) in [7, 11) is 1.69. The first-order valence-corrected chi connectivity index (χ1v) is 7.93. The third-order valence-electron chi connectivity index (χ3n) is 3.09. The molecule has 1 atom stereocenters. The second kappa shape index (κ2) is 7.29. The highest BCUT2D eigenvalue weighted by atomic mass is 127. The van der Waals surface area contributed by atoms with Gasteiger partial charge in [-0.25, -0.2) is 0 Å². The summed E-state index contributed by atoms with van der Waals surface area (Å²) in [5, 5.41) is 4.22. The summed E-state index contributed by atoms with van der Waals surface area (Å²) in [6.07, 6.45) is 0. The first-order valence-electron chi connectivity index (χ1n) is 6.48. The average Bonchev–Trinajstić information content (AvgIpc) is 2.44. The molecule has 2 aromatic rings. The molecule has 0 aliphatic carbocycles. The Bertz CT molecular complexity index is 588. The molecular formula is C16H17ClINO. The van der Waals surface area contributed by atoms with Crippen LogP contribution >= 0.6 is 34.2 Å². The third-order valence-corrected chi connectivity index (χ3v) is 4.00. The van der Waals surface area contributed by atoms with E-state index >= 15 is 0 Å². The number of rotatable bonds is 5. The van der Waals surface area contributed by atoms with Crippen molar-refractivity contribution in [1.82, 2.24) is 5.32 Å². The Balaban J connectivity index is 2.50. The van der Waals surface area contributed by atoms with E-state index in [2.05, 4.69) is 59.1 Å². The van der Waals surface area contributed by atoms with Gasteiger partial charge in [0.25, 0.3) is 0 Å². The molecule has 2 rings (SSSR count). The molecule has 0 aliphatic heterocycles. The lowest BCUT2D eigenvalue weighted by Crippen LogP contribution is -2.22. The van der Waals surface area contributed by atoms with Gasteiger partial charge in [-0.15, -0.1) is 0 Å². The molecule has 2 nitrogen and oxygen atoms in total. The minimum Gasteiger partial charge on any atom is -0.496 e. The van der Waals surface area contributed by atoms with Crippen molar-refractivity contribution in [3.05, 3.63) is 62.2 Å². The molecule has 0 saturated heterocycles. The van der Waals surface area contributed by atoms with E-state index in [4.69, 9.17) is 16.3 Å². The average molecular weight is 402 g/mol. The van der Waals surface area contributed by atoms with Gasteiger partial charge in [-0.3, -0.25) is 0 Å². The van der Waals surface area contributed by atoms with Gasteiger partial charge in [0.15, 0.2) is 0 Å². The van der Waals surface area contributed by atoms with Crippen LogP contribution in [0.15, 0.2) is 42.5 Å². The van der Waals surface area contributed by atoms with Gasteiger partial charge in [0, 0.05) is 14.2 Å². The van der Waals surface area contributed by atoms with E-state index in [1.807, 2.05) is 18.2 Å². The quantitative estimate of drug-likeness (QED) is 0.736. The Morgan fingerprint density at radius 1 is 1.25 bits per heavy atom. The molecule has 106 valence electrons. The zero-order valence-electron chi connectivity index (χ0n) is 11.5. The molecular weight excluding hydrogens is 385 g/mol. The van der Waals surface area contributed by atoms with Gasteiger partial charge in [0.2, 0.25) is 0 Å². The number of halogens is 2. The standard InChI is InChI=1S/C16H17ClINO/c1-3-19-16(11-5-4-6-13(18)9-11)14-10-12(17)7-8-15(14)20-2/h4-10,16,19H,3H2,1-2H3. The van der Waals surface area contributed by atoms with Crippen LogP contribution in [0.1, 0.15) is 24.1 Å². The van der Waals surface area contributed by atoms with E-state index < -0.39 is 0 Å². The van der Waals surface area contributed by atoms with E-state index in [-0.39, 0.29) is 6.04 Å². The number of hydrogen-bond donors (Lipinski definition) is 1. The van der Waals surface area contributed by atoms with Crippen LogP contribution in [0.4, 0.5) is 0 Å². The first kappa shape index (κ1) is 15.6. The molecule has 0 bridgehead atoms. The van der Waals surface area contributed by atoms with Crippen molar-refractivity contribution >= 4 is 34.2 Å². The van der Waals surface area contributed by atoms with Gasteiger partial charge in [0.05, 0.1) is 13.2 Å². The van der Waals surface area contributed by atoms with Crippen molar-refractivity contribution in [1.29, 1.82) is 0 Å². The molecule has 0 radical (unpaired) electrons. The van der Waals surface area contributed by atoms with Crippen LogP contribution in [0.3, 0.4) is 0 Å². The number of benzene rings is 2. The lowest BCUT2D eigenvalue weighted by molar-refractivity contribution is 0.404. The lowest BCUT2D eigenvalue weighted by atomic mass is 9.98. The van der Waals surface area contributed by atoms with Crippen molar-refractivity contribution in [2.24, 2.45) is 0 Å². The van der Waals surface area contributed by atoms with Crippen molar-refractivity contribution in [2.75, 3.05) is 13.7 Å². The van der Waals surface area contributed by atoms with E-state index in [0.29, 0.717) is 5.02 Å². The van der Waals surface area contributed by atoms with Gasteiger partial charge < -0.3 is 10.1 Å². The maximum atomic E-state index is 6.15. The Morgan fingerprint density at radius 3 is 2.70 bits per heavy atom. The van der Waals surface area contributed by atoms with Gasteiger partial charge in [0.1, 0.15) is 5.75 Å². The Morgan fingerprint density at radius 2 is 2.05 bits per heavy atom. The number of methoxy groups -OCH3 is 1. The van der Waals surface area contributed by atoms with Crippen molar-refractivity contribution in [3.63, 3.8) is 0 Å². The van der Waals surface area contributed by atoms with Crippen LogP contribution in [0.2, 0.25) is 5.02 Å². The second-order valence-corrected chi connectivity index (χ2v) is 6.11. The van der Waals surface area contributed by atoms with Crippen LogP contribution in [-0.4, -0.2) is 13.7 Å². The van der Waals surface area contributed by atoms with Crippen LogP contribution in [0, 0.1) is 3.57 Å². The van der Waals surface area contributed by atoms with E-state index in [1.165, 1.54) is 9.13 Å². The monoisotopic (exact) mass is 401 g/mol. The molecule has 2 aromatic carbocycles. The summed E-state index contributed by atoms with van der Waals surface area (Å²) in [5.41, 5.74) is 2.27. The highest BCUT2D eigenvalue weighted by molar-refractivity contribution is 14.1. The van der Waals surface area contributed by atoms with Crippen LogP contribution in [0.5, 0.6) is 5.75 Å². The molecule has 0 fully saturated rings. The van der Waals surface area contributed by atoms with Crippen molar-refractivity contribution < 1.29 is 4.74 Å². The molecule has 20 heavy (non-hydrogen) atoms. The number of hydrogen-bond acceptors (Lipinski definition) is 2.